The van der Waals surface area contributed by atoms with Gasteiger partial charge >= 0.3 is 0 Å². The van der Waals surface area contributed by atoms with E-state index in [9.17, 15) is 0 Å². The van der Waals surface area contributed by atoms with Crippen molar-refractivity contribution in [3.8, 4) is 62.1 Å². The molecule has 15 heterocycles. The Morgan fingerprint density at radius 2 is 0.633 bits per heavy atom. The van der Waals surface area contributed by atoms with Gasteiger partial charge in [-0.05, 0) is 189 Å². The number of aromatic nitrogens is 15. The Bertz CT molecular complexity index is 7270. The van der Waals surface area contributed by atoms with Gasteiger partial charge in [-0.25, -0.2) is 18.3 Å². The van der Waals surface area contributed by atoms with Gasteiger partial charge in [0.15, 0.2) is 58.5 Å². The molecular weight excluding hydrogens is 1850 g/mol. The zero-order valence-corrected chi connectivity index (χ0v) is 97.9. The van der Waals surface area contributed by atoms with Crippen LogP contribution in [0.1, 0.15) is 227 Å². The monoisotopic (exact) mass is 2020 g/mol. The van der Waals surface area contributed by atoms with Gasteiger partial charge in [-0.2, -0.15) is 13.5 Å². The summed E-state index contributed by atoms with van der Waals surface area (Å²) in [6, 6.07) is 78.4. The van der Waals surface area contributed by atoms with Gasteiger partial charge in [-0.1, -0.05) is 301 Å². The number of fused-ring (bicyclic) bond motifs is 18. The van der Waals surface area contributed by atoms with Crippen molar-refractivity contribution in [2.45, 2.75) is 235 Å². The van der Waals surface area contributed by atoms with Gasteiger partial charge in [0, 0.05) is 81.4 Å². The Kier molecular flexibility index (Phi) is 56.8. The van der Waals surface area contributed by atoms with E-state index in [4.69, 9.17) is 17.7 Å². The topological polar surface area (TPSA) is 175 Å². The zero-order valence-electron chi connectivity index (χ0n) is 97.9. The zero-order chi connectivity index (χ0) is 112. The summed E-state index contributed by atoms with van der Waals surface area (Å²) >= 11 is 0. The van der Waals surface area contributed by atoms with Crippen molar-refractivity contribution in [1.29, 1.82) is 0 Å². The van der Waals surface area contributed by atoms with Gasteiger partial charge < -0.3 is 17.7 Å². The number of rotatable bonds is 6. The Morgan fingerprint density at radius 3 is 1.07 bits per heavy atom. The van der Waals surface area contributed by atoms with Gasteiger partial charge in [0.1, 0.15) is 89.6 Å². The number of benzene rings is 8. The number of furan rings is 4. The summed E-state index contributed by atoms with van der Waals surface area (Å²) in [5, 5.41) is 12.5. The van der Waals surface area contributed by atoms with Crippen molar-refractivity contribution in [3.05, 3.63) is 357 Å². The molecule has 0 aliphatic rings. The molecule has 0 amide bonds. The van der Waals surface area contributed by atoms with Crippen molar-refractivity contribution in [2.75, 3.05) is 0 Å². The van der Waals surface area contributed by atoms with E-state index in [1.165, 1.54) is 66.7 Å². The summed E-state index contributed by atoms with van der Waals surface area (Å²) in [4.78, 5) is 26.2. The average Bonchev–Trinajstić information content (AvgIpc) is 1.54. The Hall–Kier alpha value is -15.6. The highest BCUT2D eigenvalue weighted by Crippen LogP contribution is 2.41. The highest BCUT2D eigenvalue weighted by Gasteiger charge is 2.27. The molecule has 0 saturated heterocycles. The second kappa shape index (κ2) is 67.3. The Labute approximate surface area is 895 Å². The van der Waals surface area contributed by atoms with E-state index in [1.807, 2.05) is 309 Å². The molecule has 0 bridgehead atoms. The van der Waals surface area contributed by atoms with Crippen LogP contribution in [-0.2, 0) is 42.3 Å². The number of imidazole rings is 2. The predicted octanol–water partition coefficient (Wildman–Crippen LogP) is 34.3. The number of pyridine rings is 6. The second-order valence-electron chi connectivity index (χ2n) is 30.6. The fourth-order valence-electron chi connectivity index (χ4n) is 16.6. The van der Waals surface area contributed by atoms with Crippen molar-refractivity contribution in [3.63, 3.8) is 0 Å². The number of para-hydroxylation sites is 2. The van der Waals surface area contributed by atoms with Crippen LogP contribution >= 0.6 is 0 Å². The third-order valence-corrected chi connectivity index (χ3v) is 22.7. The minimum atomic E-state index is 0.811. The van der Waals surface area contributed by atoms with E-state index >= 15 is 0 Å². The van der Waals surface area contributed by atoms with Crippen LogP contribution in [0.4, 0.5) is 0 Å². The smallest absolute Gasteiger partial charge is 0.294 e. The molecule has 0 radical (unpaired) electrons. The minimum absolute atomic E-state index is 0.811. The molecule has 0 aliphatic carbocycles. The van der Waals surface area contributed by atoms with Crippen molar-refractivity contribution < 1.29 is 45.2 Å². The van der Waals surface area contributed by atoms with Crippen LogP contribution < -0.4 is 27.5 Å². The third-order valence-electron chi connectivity index (χ3n) is 22.7. The second-order valence-corrected chi connectivity index (χ2v) is 30.6. The van der Waals surface area contributed by atoms with Crippen LogP contribution in [-0.4, -0.2) is 44.0 Å². The maximum atomic E-state index is 6.10. The summed E-state index contributed by atoms with van der Waals surface area (Å²) in [6.07, 6.45) is 28.7. The fourth-order valence-corrected chi connectivity index (χ4v) is 16.6. The predicted molar refractivity (Wildman–Crippen MR) is 639 cm³/mol. The molecule has 0 unspecified atom stereocenters. The van der Waals surface area contributed by atoms with Gasteiger partial charge in [-0.3, -0.25) is 24.9 Å². The van der Waals surface area contributed by atoms with Crippen LogP contribution in [0, 0.1) is 41.5 Å². The van der Waals surface area contributed by atoms with Gasteiger partial charge in [0.05, 0.1) is 72.9 Å². The summed E-state index contributed by atoms with van der Waals surface area (Å²) in [6.45, 7) is 68.7. The lowest BCUT2D eigenvalue weighted by Crippen LogP contribution is -2.35. The summed E-state index contributed by atoms with van der Waals surface area (Å²) in [5.74, 6) is 1.20. The van der Waals surface area contributed by atoms with E-state index in [0.717, 1.165) is 144 Å². The van der Waals surface area contributed by atoms with E-state index in [2.05, 4.69) is 314 Å². The van der Waals surface area contributed by atoms with Gasteiger partial charge in [0.2, 0.25) is 17.1 Å². The van der Waals surface area contributed by atoms with E-state index in [-0.39, 0.29) is 0 Å². The molecule has 23 aromatic rings. The maximum absolute atomic E-state index is 6.10. The molecular formula is C131H173N15O4+6. The first kappa shape index (κ1) is 127. The van der Waals surface area contributed by atoms with Crippen molar-refractivity contribution in [1.82, 2.24) is 44.0 Å². The van der Waals surface area contributed by atoms with Crippen LogP contribution in [0.5, 0.6) is 0 Å². The highest BCUT2D eigenvalue weighted by atomic mass is 16.3. The van der Waals surface area contributed by atoms with E-state index < -0.39 is 0 Å². The molecule has 8 aromatic carbocycles. The van der Waals surface area contributed by atoms with Crippen molar-refractivity contribution in [2.24, 2.45) is 42.3 Å². The molecule has 0 aliphatic heterocycles. The molecule has 150 heavy (non-hydrogen) atoms. The first-order valence-electron chi connectivity index (χ1n) is 54.5. The number of nitrogens with zero attached hydrogens (tertiary/aromatic N) is 15. The Balaban J connectivity index is 0.000000357. The highest BCUT2D eigenvalue weighted by molar-refractivity contribution is 6.13. The van der Waals surface area contributed by atoms with Crippen LogP contribution in [0.25, 0.3) is 178 Å². The molecule has 0 saturated carbocycles. The average molecular weight is 2020 g/mol. The number of hydrogen-bond donors (Lipinski definition) is 0. The van der Waals surface area contributed by atoms with Crippen molar-refractivity contribution >= 4 is 116 Å². The lowest BCUT2D eigenvalue weighted by Gasteiger charge is -2.06. The molecule has 0 fully saturated rings. The van der Waals surface area contributed by atoms with E-state index in [0.29, 0.717) is 0 Å². The summed E-state index contributed by atoms with van der Waals surface area (Å²) in [7, 11) is 12.2. The molecule has 0 atom stereocenters. The lowest BCUT2D eigenvalue weighted by molar-refractivity contribution is -0.720. The third kappa shape index (κ3) is 29.5. The molecule has 0 N–H and O–H groups in total. The first-order valence-corrected chi connectivity index (χ1v) is 54.5. The van der Waals surface area contributed by atoms with Crippen LogP contribution in [0.15, 0.2) is 341 Å². The van der Waals surface area contributed by atoms with Crippen LogP contribution in [0.2, 0.25) is 0 Å². The first-order chi connectivity index (χ1) is 73.6. The SMILES string of the molecule is CC.CC.CC.CC.CC.CC.CC.CC.CC.CC.CC.CC.CC.CC.Cc1ccc2c(oc3cccnc32)c1-c1cccc[n+]1C.Cc1ccc2c(oc3cccnc32)c1-c1cccn[n+]1C.Cc1ccc2c(oc3cccnc32)c1-c1ccnc[n+]1C.Cc1ccc2c(oc3cccnc32)c1-c1cncc[n+]1C.Cc1cccc2c3ccccc3n3cc[n+](C)c3c12.Cc1ccccc1-c1n(-c2ccccc2)cc[n+]1C. The standard InChI is InChI=1S/C18H15N2O.3C17H14N3O.C17H15N2.C17H17N2.14C2H6/c1-12-8-9-13-17-15(7-5-10-19-17)21-18(13)16(12)14-6-3-4-11-20(14)2;1-11-7-8-12-16-14(6-4-9-18-16)21-17(12)15(11)13-5-3-10-19-20(13)2;1-11-5-6-12-16-14(4-3-8-19-16)21-17(12)15(11)13-7-9-18-10-20(13)2;1-11-5-6-12-16-14(4-3-7-19-16)21-17(12)15(11)13-10-18-8-9-20(13)2;1-12-6-5-8-14-13-7-3-4-9-15(13)19-11-10-18(2)17(19)16(12)14;1-14-8-6-7-11-16(14)17-18(2)12-13-19(17)15-9-4-3-5-10-15;14*1-2/h3-11H,1-2H3;3*3-10H,1-2H3;3-11H,1-2H3;3-13H,1-2H3;14*1-2H3/q6*+1;;;;;;;;;;;;;;. The number of aryl methyl sites for hydroxylation is 12. The van der Waals surface area contributed by atoms with Gasteiger partial charge in [-0.15, -0.1) is 0 Å². The fraction of sp³-hybridized carbons (Fsp3) is 0.305. The van der Waals surface area contributed by atoms with Crippen LogP contribution in [0.3, 0.4) is 0 Å². The largest absolute Gasteiger partial charge is 0.454 e. The molecule has 23 rings (SSSR count). The normalized spacial score (nSPS) is 9.73. The molecule has 19 nitrogen and oxygen atoms in total. The lowest BCUT2D eigenvalue weighted by atomic mass is 10.0. The summed E-state index contributed by atoms with van der Waals surface area (Å²) in [5.41, 5.74) is 31.3. The molecule has 15 aromatic heterocycles. The molecule has 790 valence electrons. The maximum Gasteiger partial charge on any atom is 0.294 e. The summed E-state index contributed by atoms with van der Waals surface area (Å²) < 4.78 is 41.2. The molecule has 19 heteroatoms. The Morgan fingerprint density at radius 1 is 0.253 bits per heavy atom. The number of hydrogen-bond acceptors (Lipinski definition) is 11. The minimum Gasteiger partial charge on any atom is -0.454 e. The van der Waals surface area contributed by atoms with E-state index in [1.54, 1.807) is 49.7 Å². The quantitative estimate of drug-likeness (QED) is 0.114. The van der Waals surface area contributed by atoms with Gasteiger partial charge in [0.25, 0.3) is 17.8 Å². The molecule has 0 spiro atoms.